The fourth-order valence-electron chi connectivity index (χ4n) is 1.57. The average molecular weight is 258 g/mol. The lowest BCUT2D eigenvalue weighted by Crippen LogP contribution is -2.33. The van der Waals surface area contributed by atoms with Gasteiger partial charge < -0.3 is 4.57 Å². The van der Waals surface area contributed by atoms with Crippen molar-refractivity contribution in [3.05, 3.63) is 54.4 Å². The van der Waals surface area contributed by atoms with Gasteiger partial charge in [-0.2, -0.15) is 0 Å². The van der Waals surface area contributed by atoms with E-state index in [1.165, 1.54) is 0 Å². The molecule has 100 valence electrons. The molecule has 19 heavy (non-hydrogen) atoms. The number of nitrogens with zero attached hydrogens (tertiary/aromatic N) is 1. The quantitative estimate of drug-likeness (QED) is 0.860. The number of hydrogen-bond donors (Lipinski definition) is 1. The Kier molecular flexibility index (Phi) is 3.71. The first-order chi connectivity index (χ1) is 8.96. The molecule has 2 rings (SSSR count). The van der Waals surface area contributed by atoms with Crippen LogP contribution in [0.4, 0.5) is 0 Å². The van der Waals surface area contributed by atoms with Crippen LogP contribution in [0.3, 0.4) is 0 Å². The first-order valence-corrected chi connectivity index (χ1v) is 6.17. The zero-order chi connectivity index (χ0) is 13.9. The van der Waals surface area contributed by atoms with E-state index >= 15 is 0 Å². The van der Waals surface area contributed by atoms with Crippen molar-refractivity contribution in [3.63, 3.8) is 0 Å². The van der Waals surface area contributed by atoms with Gasteiger partial charge in [-0.1, -0.05) is 6.07 Å². The molecule has 1 aromatic heterocycles. The number of carbonyl (C=O) groups excluding carboxylic acids is 1. The van der Waals surface area contributed by atoms with E-state index < -0.39 is 5.60 Å². The van der Waals surface area contributed by atoms with Crippen molar-refractivity contribution < 1.29 is 9.63 Å². The van der Waals surface area contributed by atoms with Crippen LogP contribution < -0.4 is 5.48 Å². The molecule has 1 N–H and O–H groups in total. The van der Waals surface area contributed by atoms with Gasteiger partial charge in [-0.15, -0.1) is 0 Å². The lowest BCUT2D eigenvalue weighted by molar-refractivity contribution is -0.0589. The Balaban J connectivity index is 2.13. The highest BCUT2D eigenvalue weighted by molar-refractivity contribution is 5.94. The summed E-state index contributed by atoms with van der Waals surface area (Å²) in [5.74, 6) is -0.246. The number of rotatable bonds is 3. The third-order valence-corrected chi connectivity index (χ3v) is 2.46. The second-order valence-corrected chi connectivity index (χ2v) is 5.29. The van der Waals surface area contributed by atoms with E-state index in [2.05, 4.69) is 5.48 Å². The van der Waals surface area contributed by atoms with Crippen molar-refractivity contribution in [2.45, 2.75) is 26.4 Å². The maximum atomic E-state index is 12.0. The number of aromatic nitrogens is 1. The minimum absolute atomic E-state index is 0.246. The van der Waals surface area contributed by atoms with Gasteiger partial charge in [-0.3, -0.25) is 9.63 Å². The van der Waals surface area contributed by atoms with Gasteiger partial charge >= 0.3 is 0 Å². The lowest BCUT2D eigenvalue weighted by Gasteiger charge is -2.19. The Morgan fingerprint density at radius 2 is 1.84 bits per heavy atom. The number of nitrogens with one attached hydrogen (secondary N) is 1. The van der Waals surface area contributed by atoms with Crippen LogP contribution in [-0.4, -0.2) is 16.1 Å². The Hall–Kier alpha value is -2.07. The SMILES string of the molecule is CC(C)(C)ONC(=O)c1cccc(-n2cccc2)c1. The molecule has 1 heterocycles. The second-order valence-electron chi connectivity index (χ2n) is 5.29. The molecule has 0 bridgehead atoms. The number of amides is 1. The fourth-order valence-corrected chi connectivity index (χ4v) is 1.57. The van der Waals surface area contributed by atoms with Gasteiger partial charge in [-0.05, 0) is 51.1 Å². The summed E-state index contributed by atoms with van der Waals surface area (Å²) in [5, 5.41) is 0. The summed E-state index contributed by atoms with van der Waals surface area (Å²) < 4.78 is 1.95. The third-order valence-electron chi connectivity index (χ3n) is 2.46. The maximum Gasteiger partial charge on any atom is 0.274 e. The predicted molar refractivity (Wildman–Crippen MR) is 74.1 cm³/mol. The van der Waals surface area contributed by atoms with E-state index in [0.717, 1.165) is 5.69 Å². The van der Waals surface area contributed by atoms with Crippen LogP contribution in [0.25, 0.3) is 5.69 Å². The molecule has 0 aliphatic carbocycles. The third kappa shape index (κ3) is 3.69. The Morgan fingerprint density at radius 3 is 2.47 bits per heavy atom. The normalized spacial score (nSPS) is 11.3. The molecule has 0 fully saturated rings. The molecule has 1 aromatic carbocycles. The van der Waals surface area contributed by atoms with Crippen molar-refractivity contribution >= 4 is 5.91 Å². The first-order valence-electron chi connectivity index (χ1n) is 6.17. The van der Waals surface area contributed by atoms with Crippen LogP contribution in [0.5, 0.6) is 0 Å². The molecule has 0 aliphatic heterocycles. The molecule has 0 saturated heterocycles. The topological polar surface area (TPSA) is 43.3 Å². The summed E-state index contributed by atoms with van der Waals surface area (Å²) in [6.45, 7) is 5.64. The lowest BCUT2D eigenvalue weighted by atomic mass is 10.2. The highest BCUT2D eigenvalue weighted by atomic mass is 16.7. The van der Waals surface area contributed by atoms with E-state index in [1.54, 1.807) is 6.07 Å². The standard InChI is InChI=1S/C15H18N2O2/c1-15(2,3)19-16-14(18)12-7-6-8-13(11-12)17-9-4-5-10-17/h4-11H,1-3H3,(H,16,18). The van der Waals surface area contributed by atoms with Crippen LogP contribution in [0.1, 0.15) is 31.1 Å². The second kappa shape index (κ2) is 5.28. The number of carbonyl (C=O) groups is 1. The van der Waals surface area contributed by atoms with Gasteiger partial charge in [0.05, 0.1) is 5.60 Å². The molecule has 0 saturated carbocycles. The molecule has 0 atom stereocenters. The van der Waals surface area contributed by atoms with E-state index in [-0.39, 0.29) is 5.91 Å². The maximum absolute atomic E-state index is 12.0. The molecule has 2 aromatic rings. The van der Waals surface area contributed by atoms with Crippen LogP contribution in [0, 0.1) is 0 Å². The Bertz CT molecular complexity index is 554. The zero-order valence-electron chi connectivity index (χ0n) is 11.4. The predicted octanol–water partition coefficient (Wildman–Crippen LogP) is 2.94. The largest absolute Gasteiger partial charge is 0.324 e. The molecular formula is C15H18N2O2. The molecule has 0 unspecified atom stereocenters. The minimum Gasteiger partial charge on any atom is -0.324 e. The summed E-state index contributed by atoms with van der Waals surface area (Å²) in [7, 11) is 0. The van der Waals surface area contributed by atoms with E-state index in [4.69, 9.17) is 4.84 Å². The van der Waals surface area contributed by atoms with E-state index in [0.29, 0.717) is 5.56 Å². The number of benzene rings is 1. The Morgan fingerprint density at radius 1 is 1.16 bits per heavy atom. The highest BCUT2D eigenvalue weighted by Crippen LogP contribution is 2.11. The van der Waals surface area contributed by atoms with Crippen LogP contribution in [-0.2, 0) is 4.84 Å². The van der Waals surface area contributed by atoms with Crippen LogP contribution in [0.2, 0.25) is 0 Å². The minimum atomic E-state index is -0.409. The zero-order valence-corrected chi connectivity index (χ0v) is 11.4. The van der Waals surface area contributed by atoms with Crippen molar-refractivity contribution in [2.75, 3.05) is 0 Å². The molecule has 0 aliphatic rings. The van der Waals surface area contributed by atoms with Gasteiger partial charge in [-0.25, -0.2) is 5.48 Å². The number of hydrogen-bond acceptors (Lipinski definition) is 2. The Labute approximate surface area is 113 Å². The van der Waals surface area contributed by atoms with Gasteiger partial charge in [0.25, 0.3) is 5.91 Å². The summed E-state index contributed by atoms with van der Waals surface area (Å²) in [6, 6.07) is 11.3. The molecular weight excluding hydrogens is 240 g/mol. The molecule has 0 radical (unpaired) electrons. The van der Waals surface area contributed by atoms with Crippen LogP contribution >= 0.6 is 0 Å². The van der Waals surface area contributed by atoms with E-state index in [9.17, 15) is 4.79 Å². The van der Waals surface area contributed by atoms with Gasteiger partial charge in [0, 0.05) is 23.6 Å². The van der Waals surface area contributed by atoms with Gasteiger partial charge in [0.15, 0.2) is 0 Å². The fraction of sp³-hybridized carbons (Fsp3) is 0.267. The van der Waals surface area contributed by atoms with Gasteiger partial charge in [0.2, 0.25) is 0 Å². The van der Waals surface area contributed by atoms with Crippen molar-refractivity contribution in [3.8, 4) is 5.69 Å². The van der Waals surface area contributed by atoms with E-state index in [1.807, 2.05) is 68.1 Å². The van der Waals surface area contributed by atoms with Crippen LogP contribution in [0.15, 0.2) is 48.8 Å². The first kappa shape index (κ1) is 13.4. The van der Waals surface area contributed by atoms with Crippen molar-refractivity contribution in [1.29, 1.82) is 0 Å². The highest BCUT2D eigenvalue weighted by Gasteiger charge is 2.14. The van der Waals surface area contributed by atoms with Gasteiger partial charge in [0.1, 0.15) is 0 Å². The van der Waals surface area contributed by atoms with Crippen molar-refractivity contribution in [2.24, 2.45) is 0 Å². The van der Waals surface area contributed by atoms with Crippen molar-refractivity contribution in [1.82, 2.24) is 10.0 Å². The number of hydroxylamine groups is 1. The molecule has 4 heteroatoms. The summed E-state index contributed by atoms with van der Waals surface area (Å²) in [4.78, 5) is 17.2. The molecule has 4 nitrogen and oxygen atoms in total. The molecule has 1 amide bonds. The smallest absolute Gasteiger partial charge is 0.274 e. The average Bonchev–Trinajstić information content (AvgIpc) is 2.89. The monoisotopic (exact) mass is 258 g/mol. The molecule has 0 spiro atoms. The summed E-state index contributed by atoms with van der Waals surface area (Å²) in [5.41, 5.74) is 3.56. The summed E-state index contributed by atoms with van der Waals surface area (Å²) >= 11 is 0. The summed E-state index contributed by atoms with van der Waals surface area (Å²) in [6.07, 6.45) is 3.87.